The molecule has 2 heterocycles. The van der Waals surface area contributed by atoms with Gasteiger partial charge in [-0.15, -0.1) is 6.58 Å². The number of imidazole rings is 1. The van der Waals surface area contributed by atoms with Crippen LogP contribution in [0.1, 0.15) is 13.8 Å². The van der Waals surface area contributed by atoms with Gasteiger partial charge in [-0.2, -0.15) is 4.98 Å². The number of aryl methyl sites for hydroxylation is 1. The maximum absolute atomic E-state index is 12.4. The highest BCUT2D eigenvalue weighted by Crippen LogP contribution is 2.16. The predicted molar refractivity (Wildman–Crippen MR) is 109 cm³/mol. The Bertz CT molecular complexity index is 896. The molecular formula is C18H30N6O4. The summed E-state index contributed by atoms with van der Waals surface area (Å²) < 4.78 is 8.17. The quantitative estimate of drug-likeness (QED) is 0.335. The highest BCUT2D eigenvalue weighted by molar-refractivity contribution is 5.74. The Hall–Kier alpha value is -2.43. The van der Waals surface area contributed by atoms with Gasteiger partial charge >= 0.3 is 5.69 Å². The maximum Gasteiger partial charge on any atom is 0.329 e. The van der Waals surface area contributed by atoms with Crippen LogP contribution in [0.25, 0.3) is 11.2 Å². The van der Waals surface area contributed by atoms with Crippen molar-refractivity contribution in [3.05, 3.63) is 33.5 Å². The van der Waals surface area contributed by atoms with Crippen LogP contribution in [0.2, 0.25) is 0 Å². The fraction of sp³-hybridized carbons (Fsp3) is 0.611. The minimum atomic E-state index is -0.850. The van der Waals surface area contributed by atoms with Crippen LogP contribution in [0, 0.1) is 0 Å². The van der Waals surface area contributed by atoms with E-state index in [2.05, 4.69) is 40.6 Å². The molecule has 0 fully saturated rings. The average molecular weight is 394 g/mol. The molecule has 156 valence electrons. The first-order valence-electron chi connectivity index (χ1n) is 9.45. The second kappa shape index (κ2) is 10.2. The lowest BCUT2D eigenvalue weighted by molar-refractivity contribution is 0.0405. The normalized spacial score (nSPS) is 12.6. The number of fused-ring (bicyclic) bond motifs is 1. The van der Waals surface area contributed by atoms with Crippen LogP contribution in [-0.2, 0) is 18.3 Å². The van der Waals surface area contributed by atoms with E-state index in [0.29, 0.717) is 19.1 Å². The van der Waals surface area contributed by atoms with Crippen molar-refractivity contribution in [2.75, 3.05) is 44.7 Å². The molecule has 0 aliphatic heterocycles. The lowest BCUT2D eigenvalue weighted by atomic mass is 10.3. The standard InChI is InChI=1S/C18H30N6O4/c1-5-10-28-12-13(25)11-24-14-15(22(4)18(27)21-16(14)26)20-17(24)19-8-9-23(6-2)7-3/h5,13,25H,1,6-12H2,2-4H3,(H,19,20)(H,21,26,27)/t13-/m1/s1. The van der Waals surface area contributed by atoms with E-state index in [1.165, 1.54) is 4.57 Å². The molecule has 28 heavy (non-hydrogen) atoms. The van der Waals surface area contributed by atoms with Crippen molar-refractivity contribution in [1.82, 2.24) is 24.0 Å². The molecule has 2 rings (SSSR count). The molecule has 3 N–H and O–H groups in total. The number of aromatic amines is 1. The van der Waals surface area contributed by atoms with E-state index in [9.17, 15) is 14.7 Å². The van der Waals surface area contributed by atoms with Gasteiger partial charge < -0.3 is 24.6 Å². The molecule has 0 amide bonds. The molecule has 0 aliphatic carbocycles. The molecule has 10 nitrogen and oxygen atoms in total. The van der Waals surface area contributed by atoms with Crippen LogP contribution < -0.4 is 16.6 Å². The molecule has 0 saturated heterocycles. The van der Waals surface area contributed by atoms with Crippen molar-refractivity contribution in [2.24, 2.45) is 7.05 Å². The van der Waals surface area contributed by atoms with Gasteiger partial charge in [0.15, 0.2) is 11.2 Å². The van der Waals surface area contributed by atoms with Crippen molar-refractivity contribution in [2.45, 2.75) is 26.5 Å². The second-order valence-electron chi connectivity index (χ2n) is 6.47. The molecule has 10 heteroatoms. The van der Waals surface area contributed by atoms with Gasteiger partial charge in [-0.05, 0) is 13.1 Å². The van der Waals surface area contributed by atoms with Crippen molar-refractivity contribution in [3.8, 4) is 0 Å². The number of aromatic nitrogens is 4. The fourth-order valence-electron chi connectivity index (χ4n) is 2.96. The van der Waals surface area contributed by atoms with E-state index in [4.69, 9.17) is 4.74 Å². The lowest BCUT2D eigenvalue weighted by Crippen LogP contribution is -2.31. The molecule has 0 saturated carbocycles. The molecule has 2 aromatic heterocycles. The van der Waals surface area contributed by atoms with Gasteiger partial charge in [0.2, 0.25) is 5.95 Å². The van der Waals surface area contributed by atoms with E-state index >= 15 is 0 Å². The number of likely N-dealkylation sites (N-methyl/N-ethyl adjacent to an activating group) is 1. The molecular weight excluding hydrogens is 364 g/mol. The smallest absolute Gasteiger partial charge is 0.329 e. The van der Waals surface area contributed by atoms with Gasteiger partial charge in [0, 0.05) is 20.1 Å². The highest BCUT2D eigenvalue weighted by atomic mass is 16.5. The SMILES string of the molecule is C=CCOC[C@H](O)Cn1c(NCCN(CC)CC)nc2c1c(=O)[nH]c(=O)n2C. The third kappa shape index (κ3) is 5.09. The second-order valence-corrected chi connectivity index (χ2v) is 6.47. The monoisotopic (exact) mass is 394 g/mol. The topological polar surface area (TPSA) is 117 Å². The Morgan fingerprint density at radius 2 is 2.11 bits per heavy atom. The molecule has 0 unspecified atom stereocenters. The van der Waals surface area contributed by atoms with E-state index in [1.807, 2.05) is 0 Å². The first-order chi connectivity index (χ1) is 13.4. The Morgan fingerprint density at radius 3 is 2.75 bits per heavy atom. The largest absolute Gasteiger partial charge is 0.389 e. The summed E-state index contributed by atoms with van der Waals surface area (Å²) in [5.41, 5.74) is -0.582. The van der Waals surface area contributed by atoms with Crippen LogP contribution in [0.4, 0.5) is 5.95 Å². The number of nitrogens with zero attached hydrogens (tertiary/aromatic N) is 4. The number of anilines is 1. The van der Waals surface area contributed by atoms with Crippen LogP contribution >= 0.6 is 0 Å². The summed E-state index contributed by atoms with van der Waals surface area (Å²) in [6.45, 7) is 11.5. The number of aliphatic hydroxyl groups excluding tert-OH is 1. The van der Waals surface area contributed by atoms with Crippen LogP contribution in [0.5, 0.6) is 0 Å². The Kier molecular flexibility index (Phi) is 7.97. The predicted octanol–water partition coefficient (Wildman–Crippen LogP) is -0.259. The van der Waals surface area contributed by atoms with Crippen molar-refractivity contribution in [1.29, 1.82) is 0 Å². The molecule has 0 spiro atoms. The zero-order valence-electron chi connectivity index (χ0n) is 16.8. The lowest BCUT2D eigenvalue weighted by Gasteiger charge is -2.19. The fourth-order valence-corrected chi connectivity index (χ4v) is 2.96. The van der Waals surface area contributed by atoms with Gasteiger partial charge in [-0.25, -0.2) is 4.79 Å². The third-order valence-electron chi connectivity index (χ3n) is 4.55. The van der Waals surface area contributed by atoms with Crippen molar-refractivity contribution >= 4 is 17.1 Å². The summed E-state index contributed by atoms with van der Waals surface area (Å²) in [4.78, 5) is 33.3. The first-order valence-corrected chi connectivity index (χ1v) is 9.45. The van der Waals surface area contributed by atoms with E-state index in [0.717, 1.165) is 19.6 Å². The number of hydrogen-bond donors (Lipinski definition) is 3. The number of hydrogen-bond acceptors (Lipinski definition) is 7. The number of H-pyrrole nitrogens is 1. The van der Waals surface area contributed by atoms with Crippen LogP contribution in [0.15, 0.2) is 22.2 Å². The minimum absolute atomic E-state index is 0.0915. The molecule has 2 aromatic rings. The van der Waals surface area contributed by atoms with Gasteiger partial charge in [-0.1, -0.05) is 19.9 Å². The molecule has 0 bridgehead atoms. The summed E-state index contributed by atoms with van der Waals surface area (Å²) in [6.07, 6.45) is 0.748. The Morgan fingerprint density at radius 1 is 1.39 bits per heavy atom. The summed E-state index contributed by atoms with van der Waals surface area (Å²) in [7, 11) is 1.54. The summed E-state index contributed by atoms with van der Waals surface area (Å²) >= 11 is 0. The molecule has 0 aromatic carbocycles. The molecule has 0 aliphatic rings. The van der Waals surface area contributed by atoms with E-state index in [-0.39, 0.29) is 24.3 Å². The number of rotatable bonds is 12. The number of ether oxygens (including phenoxy) is 1. The van der Waals surface area contributed by atoms with E-state index < -0.39 is 17.4 Å². The van der Waals surface area contributed by atoms with Gasteiger partial charge in [0.1, 0.15) is 0 Å². The zero-order valence-corrected chi connectivity index (χ0v) is 16.8. The number of aliphatic hydroxyl groups is 1. The number of nitrogens with one attached hydrogen (secondary N) is 2. The van der Waals surface area contributed by atoms with Gasteiger partial charge in [-0.3, -0.25) is 14.3 Å². The Balaban J connectivity index is 2.33. The maximum atomic E-state index is 12.4. The summed E-state index contributed by atoms with van der Waals surface area (Å²) in [5.74, 6) is 0.427. The molecule has 0 radical (unpaired) electrons. The van der Waals surface area contributed by atoms with Crippen molar-refractivity contribution < 1.29 is 9.84 Å². The summed E-state index contributed by atoms with van der Waals surface area (Å²) in [5, 5.41) is 13.5. The van der Waals surface area contributed by atoms with Crippen LogP contribution in [0.3, 0.4) is 0 Å². The molecule has 1 atom stereocenters. The minimum Gasteiger partial charge on any atom is -0.389 e. The van der Waals surface area contributed by atoms with Gasteiger partial charge in [0.05, 0.1) is 25.9 Å². The average Bonchev–Trinajstić information content (AvgIpc) is 3.02. The highest BCUT2D eigenvalue weighted by Gasteiger charge is 2.19. The Labute approximate surface area is 163 Å². The zero-order chi connectivity index (χ0) is 20.7. The van der Waals surface area contributed by atoms with Gasteiger partial charge in [0.25, 0.3) is 5.56 Å². The van der Waals surface area contributed by atoms with Crippen LogP contribution in [-0.4, -0.2) is 74.6 Å². The van der Waals surface area contributed by atoms with E-state index in [1.54, 1.807) is 17.7 Å². The third-order valence-corrected chi connectivity index (χ3v) is 4.55. The first kappa shape index (κ1) is 21.9. The summed E-state index contributed by atoms with van der Waals surface area (Å²) in [6, 6.07) is 0. The van der Waals surface area contributed by atoms with Crippen molar-refractivity contribution in [3.63, 3.8) is 0 Å².